The fourth-order valence-electron chi connectivity index (χ4n) is 5.08. The summed E-state index contributed by atoms with van der Waals surface area (Å²) >= 11 is 0. The SMILES string of the molecule is C=CC(C)(CC/C=C(\C)CC/C=C(\C)C(=O)[C@H](C=C(C)C)OC(=O)[C@@](OC)(c1ccccc1)C(F)(F)F)Oc1ccc(O)cc1CC(=O)OC. The van der Waals surface area contributed by atoms with E-state index in [1.165, 1.54) is 50.4 Å². The Balaban J connectivity index is 2.12. The molecular weight excluding hydrogens is 653 g/mol. The van der Waals surface area contributed by atoms with E-state index in [9.17, 15) is 32.7 Å². The van der Waals surface area contributed by atoms with E-state index in [1.807, 2.05) is 19.9 Å². The van der Waals surface area contributed by atoms with Crippen molar-refractivity contribution in [3.63, 3.8) is 0 Å². The molecule has 0 saturated heterocycles. The molecule has 0 aliphatic carbocycles. The summed E-state index contributed by atoms with van der Waals surface area (Å²) in [4.78, 5) is 38.5. The van der Waals surface area contributed by atoms with E-state index < -0.39 is 46.8 Å². The van der Waals surface area contributed by atoms with Crippen LogP contribution in [-0.2, 0) is 40.6 Å². The summed E-state index contributed by atoms with van der Waals surface area (Å²) in [5, 5.41) is 9.89. The number of alkyl halides is 3. The minimum atomic E-state index is -5.18. The van der Waals surface area contributed by atoms with Crippen LogP contribution in [0.2, 0.25) is 0 Å². The smallest absolute Gasteiger partial charge is 0.432 e. The molecule has 8 nitrogen and oxygen atoms in total. The maximum absolute atomic E-state index is 14.4. The number of carbonyl (C=O) groups is 3. The summed E-state index contributed by atoms with van der Waals surface area (Å²) in [5.74, 6) is -2.46. The lowest BCUT2D eigenvalue weighted by molar-refractivity contribution is -0.277. The molecule has 2 rings (SSSR count). The summed E-state index contributed by atoms with van der Waals surface area (Å²) in [7, 11) is 2.05. The van der Waals surface area contributed by atoms with Crippen LogP contribution < -0.4 is 4.74 Å². The van der Waals surface area contributed by atoms with Gasteiger partial charge in [0.2, 0.25) is 5.78 Å². The number of ketones is 1. The fourth-order valence-corrected chi connectivity index (χ4v) is 5.08. The number of carbonyl (C=O) groups excluding carboxylic acids is 3. The molecule has 2 aromatic rings. The molecule has 0 spiro atoms. The number of ether oxygens (including phenoxy) is 4. The van der Waals surface area contributed by atoms with Crippen LogP contribution in [-0.4, -0.2) is 54.9 Å². The lowest BCUT2D eigenvalue weighted by Gasteiger charge is -2.33. The van der Waals surface area contributed by atoms with Crippen LogP contribution in [0.3, 0.4) is 0 Å². The van der Waals surface area contributed by atoms with Crippen LogP contribution >= 0.6 is 0 Å². The number of benzene rings is 2. The molecule has 2 aromatic carbocycles. The number of halogens is 3. The molecule has 3 atom stereocenters. The van der Waals surface area contributed by atoms with Gasteiger partial charge in [0.1, 0.15) is 17.1 Å². The number of phenolic OH excluding ortho intramolecular Hbond substituents is 1. The molecule has 272 valence electrons. The number of hydrogen-bond acceptors (Lipinski definition) is 8. The third kappa shape index (κ3) is 11.2. The molecule has 0 radical (unpaired) electrons. The molecule has 0 amide bonds. The average Bonchev–Trinajstić information content (AvgIpc) is 3.05. The summed E-state index contributed by atoms with van der Waals surface area (Å²) < 4.78 is 64.3. The normalized spacial score (nSPS) is 15.2. The monoisotopic (exact) mass is 700 g/mol. The molecular formula is C39H47F3O8. The molecule has 11 heteroatoms. The van der Waals surface area contributed by atoms with Crippen molar-refractivity contribution in [3.05, 3.63) is 107 Å². The molecule has 0 aliphatic rings. The zero-order chi connectivity index (χ0) is 37.7. The highest BCUT2D eigenvalue weighted by molar-refractivity contribution is 6.01. The number of allylic oxidation sites excluding steroid dienone is 4. The van der Waals surface area contributed by atoms with E-state index in [0.29, 0.717) is 42.6 Å². The maximum Gasteiger partial charge on any atom is 0.432 e. The molecule has 0 aliphatic heterocycles. The summed E-state index contributed by atoms with van der Waals surface area (Å²) in [5.41, 5.74) is -2.40. The Morgan fingerprint density at radius 2 is 1.62 bits per heavy atom. The van der Waals surface area contributed by atoms with Gasteiger partial charge in [-0.3, -0.25) is 9.59 Å². The lowest BCUT2D eigenvalue weighted by atomic mass is 9.92. The Morgan fingerprint density at radius 3 is 2.18 bits per heavy atom. The van der Waals surface area contributed by atoms with Gasteiger partial charge in [-0.25, -0.2) is 4.79 Å². The molecule has 1 N–H and O–H groups in total. The van der Waals surface area contributed by atoms with Crippen molar-refractivity contribution in [2.45, 2.75) is 90.2 Å². The quantitative estimate of drug-likeness (QED) is 0.0938. The lowest BCUT2D eigenvalue weighted by Crippen LogP contribution is -2.53. The standard InChI is InChI=1S/C39H47F3O8/c1-9-37(6,50-32-21-20-31(43)24-29(32)25-34(44)47-7)22-14-16-27(4)15-13-17-28(5)35(45)33(23-26(2)3)49-36(46)38(48-8,39(40,41)42)30-18-11-10-12-19-30/h9-12,16-21,23-24,33,43H,1,13-15,22,25H2,2-8H3/b27-16+,28-17+/t33-,37?,38-/m0/s1. The molecule has 0 aromatic heterocycles. The largest absolute Gasteiger partial charge is 0.508 e. The first kappa shape index (κ1) is 41.5. The minimum absolute atomic E-state index is 0.00721. The van der Waals surface area contributed by atoms with Gasteiger partial charge in [0.05, 0.1) is 13.5 Å². The Bertz CT molecular complexity index is 1590. The summed E-state index contributed by atoms with van der Waals surface area (Å²) in [6.45, 7) is 12.5. The van der Waals surface area contributed by atoms with E-state index in [-0.39, 0.29) is 17.7 Å². The van der Waals surface area contributed by atoms with Crippen molar-refractivity contribution in [2.24, 2.45) is 0 Å². The van der Waals surface area contributed by atoms with E-state index in [2.05, 4.69) is 6.58 Å². The van der Waals surface area contributed by atoms with Crippen molar-refractivity contribution < 1.29 is 51.6 Å². The molecule has 0 fully saturated rings. The van der Waals surface area contributed by atoms with Crippen LogP contribution in [0.15, 0.2) is 96.1 Å². The second kappa shape index (κ2) is 18.4. The van der Waals surface area contributed by atoms with E-state index >= 15 is 0 Å². The van der Waals surface area contributed by atoms with Gasteiger partial charge in [0.25, 0.3) is 5.60 Å². The number of methoxy groups -OCH3 is 2. The van der Waals surface area contributed by atoms with E-state index in [0.717, 1.165) is 24.8 Å². The van der Waals surface area contributed by atoms with Gasteiger partial charge in [-0.15, -0.1) is 0 Å². The van der Waals surface area contributed by atoms with Crippen molar-refractivity contribution >= 4 is 17.7 Å². The van der Waals surface area contributed by atoms with Gasteiger partial charge >= 0.3 is 18.1 Å². The molecule has 1 unspecified atom stereocenters. The first-order chi connectivity index (χ1) is 23.4. The van der Waals surface area contributed by atoms with Crippen LogP contribution in [0.25, 0.3) is 0 Å². The molecule has 0 saturated carbocycles. The van der Waals surface area contributed by atoms with Crippen LogP contribution in [0.5, 0.6) is 11.5 Å². The number of rotatable bonds is 18. The number of phenols is 1. The predicted molar refractivity (Wildman–Crippen MR) is 185 cm³/mol. The zero-order valence-corrected chi connectivity index (χ0v) is 29.7. The zero-order valence-electron chi connectivity index (χ0n) is 29.7. The Labute approximate surface area is 292 Å². The highest BCUT2D eigenvalue weighted by Crippen LogP contribution is 2.43. The summed E-state index contributed by atoms with van der Waals surface area (Å²) in [6.07, 6.45) is 2.00. The van der Waals surface area contributed by atoms with Crippen LogP contribution in [0.4, 0.5) is 13.2 Å². The second-order valence-corrected chi connectivity index (χ2v) is 12.4. The highest BCUT2D eigenvalue weighted by atomic mass is 19.4. The minimum Gasteiger partial charge on any atom is -0.508 e. The predicted octanol–water partition coefficient (Wildman–Crippen LogP) is 8.44. The van der Waals surface area contributed by atoms with Crippen molar-refractivity contribution in [3.8, 4) is 11.5 Å². The number of hydrogen-bond donors (Lipinski definition) is 1. The average molecular weight is 701 g/mol. The fraction of sp³-hybridized carbons (Fsp3) is 0.410. The van der Waals surface area contributed by atoms with Crippen LogP contribution in [0.1, 0.15) is 71.4 Å². The molecule has 50 heavy (non-hydrogen) atoms. The van der Waals surface area contributed by atoms with Crippen LogP contribution in [0, 0.1) is 0 Å². The topological polar surface area (TPSA) is 108 Å². The molecule has 0 heterocycles. The second-order valence-electron chi connectivity index (χ2n) is 12.4. The number of Topliss-reactive ketones (excluding diaryl/α,β-unsaturated/α-hetero) is 1. The molecule has 0 bridgehead atoms. The van der Waals surface area contributed by atoms with Crippen molar-refractivity contribution in [1.29, 1.82) is 0 Å². The van der Waals surface area contributed by atoms with Gasteiger partial charge < -0.3 is 24.1 Å². The Hall–Kier alpha value is -4.64. The van der Waals surface area contributed by atoms with Crippen molar-refractivity contribution in [2.75, 3.05) is 14.2 Å². The Morgan fingerprint density at radius 1 is 0.960 bits per heavy atom. The number of esters is 2. The van der Waals surface area contributed by atoms with Crippen molar-refractivity contribution in [1.82, 2.24) is 0 Å². The number of aromatic hydroxyl groups is 1. The van der Waals surface area contributed by atoms with Gasteiger partial charge in [-0.1, -0.05) is 60.2 Å². The first-order valence-corrected chi connectivity index (χ1v) is 16.0. The first-order valence-electron chi connectivity index (χ1n) is 16.0. The third-order valence-electron chi connectivity index (χ3n) is 8.04. The third-order valence-corrected chi connectivity index (χ3v) is 8.04. The van der Waals surface area contributed by atoms with Gasteiger partial charge in [-0.2, -0.15) is 13.2 Å². The Kier molecular flexibility index (Phi) is 15.3. The maximum atomic E-state index is 14.4. The summed E-state index contributed by atoms with van der Waals surface area (Å²) in [6, 6.07) is 10.9. The van der Waals surface area contributed by atoms with E-state index in [1.54, 1.807) is 32.1 Å². The van der Waals surface area contributed by atoms with Gasteiger partial charge in [0.15, 0.2) is 6.10 Å². The highest BCUT2D eigenvalue weighted by Gasteiger charge is 2.64. The van der Waals surface area contributed by atoms with Gasteiger partial charge in [-0.05, 0) is 96.2 Å². The van der Waals surface area contributed by atoms with Gasteiger partial charge in [0, 0.05) is 18.2 Å². The van der Waals surface area contributed by atoms with E-state index in [4.69, 9.17) is 18.9 Å².